The van der Waals surface area contributed by atoms with Crippen molar-refractivity contribution in [2.24, 2.45) is 17.3 Å². The Balaban J connectivity index is 1.74. The van der Waals surface area contributed by atoms with Gasteiger partial charge in [0, 0.05) is 6.54 Å². The molecule has 1 aromatic carbocycles. The van der Waals surface area contributed by atoms with Crippen LogP contribution in [0, 0.1) is 17.3 Å². The summed E-state index contributed by atoms with van der Waals surface area (Å²) in [5.74, 6) is 1.53. The van der Waals surface area contributed by atoms with Crippen LogP contribution >= 0.6 is 0 Å². The highest BCUT2D eigenvalue weighted by molar-refractivity contribution is 5.69. The Bertz CT molecular complexity index is 699. The first-order valence-electron chi connectivity index (χ1n) is 10.3. The van der Waals surface area contributed by atoms with Crippen LogP contribution in [-0.2, 0) is 4.74 Å². The number of nitrogens with zero attached hydrogens (tertiary/aromatic N) is 1. The van der Waals surface area contributed by atoms with Gasteiger partial charge in [0.15, 0.2) is 0 Å². The van der Waals surface area contributed by atoms with Gasteiger partial charge in [-0.2, -0.15) is 0 Å². The second-order valence-electron chi connectivity index (χ2n) is 9.83. The standard InChI is InChI=1S/C24H35NO2/c1-17(18-10-8-7-9-11-18)25(22(26)27-23(2,3)4)15-14-19-12-13-20-16-21(19)24(20,5)6/h7-12,17,20-21H,13-16H2,1-6H3/t17?,20-,21-/m0/s1. The summed E-state index contributed by atoms with van der Waals surface area (Å²) < 4.78 is 5.73. The van der Waals surface area contributed by atoms with Crippen LogP contribution in [0.1, 0.15) is 72.4 Å². The molecule has 3 heteroatoms. The van der Waals surface area contributed by atoms with Gasteiger partial charge in [0.2, 0.25) is 0 Å². The fourth-order valence-electron chi connectivity index (χ4n) is 4.68. The summed E-state index contributed by atoms with van der Waals surface area (Å²) in [4.78, 5) is 14.9. The molecule has 1 saturated carbocycles. The predicted molar refractivity (Wildman–Crippen MR) is 110 cm³/mol. The van der Waals surface area contributed by atoms with E-state index in [-0.39, 0.29) is 12.1 Å². The molecule has 3 nitrogen and oxygen atoms in total. The second kappa shape index (κ2) is 7.33. The highest BCUT2D eigenvalue weighted by Crippen LogP contribution is 2.59. The first-order valence-corrected chi connectivity index (χ1v) is 10.3. The van der Waals surface area contributed by atoms with Crippen molar-refractivity contribution in [1.29, 1.82) is 0 Å². The maximum absolute atomic E-state index is 12.9. The van der Waals surface area contributed by atoms with Gasteiger partial charge < -0.3 is 9.64 Å². The molecule has 0 spiro atoms. The first kappa shape index (κ1) is 20.0. The van der Waals surface area contributed by atoms with Gasteiger partial charge in [-0.05, 0) is 69.8 Å². The minimum Gasteiger partial charge on any atom is -0.444 e. The van der Waals surface area contributed by atoms with Gasteiger partial charge in [-0.3, -0.25) is 0 Å². The van der Waals surface area contributed by atoms with Crippen molar-refractivity contribution >= 4 is 6.09 Å². The number of hydrogen-bond acceptors (Lipinski definition) is 2. The molecule has 0 heterocycles. The lowest BCUT2D eigenvalue weighted by atomic mass is 9.48. The predicted octanol–water partition coefficient (Wildman–Crippen LogP) is 6.37. The molecule has 3 atom stereocenters. The smallest absolute Gasteiger partial charge is 0.410 e. The van der Waals surface area contributed by atoms with Crippen LogP contribution in [-0.4, -0.2) is 23.1 Å². The molecule has 1 unspecified atom stereocenters. The van der Waals surface area contributed by atoms with Crippen molar-refractivity contribution in [2.75, 3.05) is 6.54 Å². The third-order valence-electron chi connectivity index (χ3n) is 6.60. The Morgan fingerprint density at radius 2 is 1.93 bits per heavy atom. The number of carbonyl (C=O) groups excluding carboxylic acids is 1. The van der Waals surface area contributed by atoms with Crippen LogP contribution < -0.4 is 0 Å². The fourth-order valence-corrected chi connectivity index (χ4v) is 4.68. The van der Waals surface area contributed by atoms with Gasteiger partial charge >= 0.3 is 6.09 Å². The van der Waals surface area contributed by atoms with Crippen molar-refractivity contribution in [2.45, 2.75) is 72.4 Å². The van der Waals surface area contributed by atoms with E-state index in [1.54, 1.807) is 0 Å². The molecule has 1 amide bonds. The topological polar surface area (TPSA) is 29.5 Å². The summed E-state index contributed by atoms with van der Waals surface area (Å²) in [7, 11) is 0. The van der Waals surface area contributed by atoms with E-state index >= 15 is 0 Å². The van der Waals surface area contributed by atoms with E-state index in [0.29, 0.717) is 17.9 Å². The van der Waals surface area contributed by atoms with Gasteiger partial charge in [0.1, 0.15) is 5.60 Å². The first-order chi connectivity index (χ1) is 12.6. The van der Waals surface area contributed by atoms with Crippen LogP contribution in [0.3, 0.4) is 0 Å². The lowest BCUT2D eigenvalue weighted by molar-refractivity contribution is -0.0105. The third-order valence-corrected chi connectivity index (χ3v) is 6.60. The van der Waals surface area contributed by atoms with Gasteiger partial charge in [0.05, 0.1) is 6.04 Å². The molecule has 0 saturated heterocycles. The Kier molecular flexibility index (Phi) is 5.42. The van der Waals surface area contributed by atoms with Crippen molar-refractivity contribution in [3.05, 3.63) is 47.5 Å². The SMILES string of the molecule is CC(c1ccccc1)N(CCC1=CC[C@H]2C[C@@H]1C2(C)C)C(=O)OC(C)(C)C. The monoisotopic (exact) mass is 369 g/mol. The molecule has 1 aromatic rings. The minimum atomic E-state index is -0.487. The summed E-state index contributed by atoms with van der Waals surface area (Å²) >= 11 is 0. The number of benzene rings is 1. The molecule has 0 aromatic heterocycles. The Labute approximate surface area is 164 Å². The zero-order valence-electron chi connectivity index (χ0n) is 17.8. The molecule has 3 aliphatic rings. The van der Waals surface area contributed by atoms with E-state index in [2.05, 4.69) is 39.0 Å². The highest BCUT2D eigenvalue weighted by atomic mass is 16.6. The van der Waals surface area contributed by atoms with Crippen LogP contribution in [0.15, 0.2) is 42.0 Å². The van der Waals surface area contributed by atoms with E-state index in [9.17, 15) is 4.79 Å². The molecule has 0 aliphatic heterocycles. The molecule has 1 fully saturated rings. The van der Waals surface area contributed by atoms with E-state index in [4.69, 9.17) is 4.74 Å². The van der Waals surface area contributed by atoms with Crippen LogP contribution in [0.2, 0.25) is 0 Å². The van der Waals surface area contributed by atoms with Crippen molar-refractivity contribution in [1.82, 2.24) is 4.90 Å². The maximum atomic E-state index is 12.9. The Morgan fingerprint density at radius 3 is 2.48 bits per heavy atom. The van der Waals surface area contributed by atoms with Crippen molar-refractivity contribution in [3.8, 4) is 0 Å². The van der Waals surface area contributed by atoms with Gasteiger partial charge in [0.25, 0.3) is 0 Å². The number of carbonyl (C=O) groups is 1. The number of hydrogen-bond donors (Lipinski definition) is 0. The number of fused-ring (bicyclic) bond motifs is 1. The zero-order chi connectivity index (χ0) is 19.8. The second-order valence-corrected chi connectivity index (χ2v) is 9.83. The maximum Gasteiger partial charge on any atom is 0.410 e. The summed E-state index contributed by atoms with van der Waals surface area (Å²) in [5, 5.41) is 0. The average Bonchev–Trinajstić information content (AvgIpc) is 2.61. The van der Waals surface area contributed by atoms with E-state index < -0.39 is 5.60 Å². The summed E-state index contributed by atoms with van der Waals surface area (Å²) in [5.41, 5.74) is 2.62. The van der Waals surface area contributed by atoms with E-state index in [1.165, 1.54) is 18.4 Å². The quantitative estimate of drug-likeness (QED) is 0.565. The summed E-state index contributed by atoms with van der Waals surface area (Å²) in [6, 6.07) is 10.2. The Hall–Kier alpha value is -1.77. The van der Waals surface area contributed by atoms with E-state index in [0.717, 1.165) is 17.9 Å². The molecule has 27 heavy (non-hydrogen) atoms. The number of allylic oxidation sites excluding steroid dienone is 1. The van der Waals surface area contributed by atoms with Crippen molar-refractivity contribution in [3.63, 3.8) is 0 Å². The zero-order valence-corrected chi connectivity index (χ0v) is 17.8. The lowest BCUT2D eigenvalue weighted by Gasteiger charge is -2.56. The fraction of sp³-hybridized carbons (Fsp3) is 0.625. The van der Waals surface area contributed by atoms with Crippen LogP contribution in [0.4, 0.5) is 4.79 Å². The molecule has 2 bridgehead atoms. The molecule has 148 valence electrons. The number of amides is 1. The normalized spacial score (nSPS) is 24.4. The van der Waals surface area contributed by atoms with E-state index in [1.807, 2.05) is 43.9 Å². The molecule has 0 N–H and O–H groups in total. The Morgan fingerprint density at radius 1 is 1.26 bits per heavy atom. The summed E-state index contributed by atoms with van der Waals surface area (Å²) in [6.45, 7) is 13.4. The summed E-state index contributed by atoms with van der Waals surface area (Å²) in [6.07, 6.45) is 5.67. The highest BCUT2D eigenvalue weighted by Gasteiger charge is 2.50. The van der Waals surface area contributed by atoms with Crippen LogP contribution in [0.25, 0.3) is 0 Å². The van der Waals surface area contributed by atoms with Crippen molar-refractivity contribution < 1.29 is 9.53 Å². The lowest BCUT2D eigenvalue weighted by Crippen LogP contribution is -2.48. The molecular weight excluding hydrogens is 334 g/mol. The third kappa shape index (κ3) is 4.23. The van der Waals surface area contributed by atoms with Gasteiger partial charge in [-0.15, -0.1) is 0 Å². The largest absolute Gasteiger partial charge is 0.444 e. The molecule has 0 radical (unpaired) electrons. The van der Waals surface area contributed by atoms with Gasteiger partial charge in [-0.1, -0.05) is 55.8 Å². The van der Waals surface area contributed by atoms with Gasteiger partial charge in [-0.25, -0.2) is 4.79 Å². The molecular formula is C24H35NO2. The minimum absolute atomic E-state index is 0.00705. The van der Waals surface area contributed by atoms with Crippen LogP contribution in [0.5, 0.6) is 0 Å². The average molecular weight is 370 g/mol. The number of ether oxygens (including phenoxy) is 1. The molecule has 4 rings (SSSR count). The number of rotatable bonds is 5. The molecule has 3 aliphatic carbocycles.